The maximum Gasteiger partial charge on any atom is 0.267 e. The minimum absolute atomic E-state index is 0.197. The Labute approximate surface area is 166 Å². The summed E-state index contributed by atoms with van der Waals surface area (Å²) in [5, 5.41) is 5.10. The van der Waals surface area contributed by atoms with Gasteiger partial charge in [-0.1, -0.05) is 47.5 Å². The van der Waals surface area contributed by atoms with Gasteiger partial charge < -0.3 is 10.2 Å². The molecule has 0 bridgehead atoms. The third-order valence-corrected chi connectivity index (χ3v) is 6.63. The van der Waals surface area contributed by atoms with Crippen molar-refractivity contribution < 1.29 is 4.79 Å². The largest absolute Gasteiger partial charge is 0.369 e. The molecule has 2 heterocycles. The molecule has 3 aromatic rings. The number of benzene rings is 2. The van der Waals surface area contributed by atoms with Gasteiger partial charge in [-0.3, -0.25) is 4.79 Å². The Bertz CT molecular complexity index is 964. The Morgan fingerprint density at radius 1 is 1.00 bits per heavy atom. The standard InChI is InChI=1S/C20H18Cl2N2OS/c21-14-8-6-9-15(18(14)24-11-4-1-5-12-24)23-20(25)19-17(22)13-7-2-3-10-16(13)26-19/h2-3,6-10H,1,4-5,11-12H2,(H,23,25). The van der Waals surface area contributed by atoms with E-state index in [-0.39, 0.29) is 5.91 Å². The fraction of sp³-hybridized carbons (Fsp3) is 0.250. The van der Waals surface area contributed by atoms with Gasteiger partial charge in [0.1, 0.15) is 4.88 Å². The Balaban J connectivity index is 1.67. The highest BCUT2D eigenvalue weighted by Crippen LogP contribution is 2.38. The number of rotatable bonds is 3. The highest BCUT2D eigenvalue weighted by Gasteiger charge is 2.21. The van der Waals surface area contributed by atoms with Gasteiger partial charge in [0.15, 0.2) is 0 Å². The topological polar surface area (TPSA) is 32.3 Å². The van der Waals surface area contributed by atoms with E-state index in [1.807, 2.05) is 42.5 Å². The lowest BCUT2D eigenvalue weighted by Gasteiger charge is -2.31. The molecule has 6 heteroatoms. The maximum atomic E-state index is 12.9. The van der Waals surface area contributed by atoms with Crippen molar-refractivity contribution in [2.75, 3.05) is 23.3 Å². The minimum Gasteiger partial charge on any atom is -0.369 e. The monoisotopic (exact) mass is 404 g/mol. The molecule has 0 radical (unpaired) electrons. The van der Waals surface area contributed by atoms with E-state index in [0.29, 0.717) is 14.9 Å². The number of hydrogen-bond acceptors (Lipinski definition) is 3. The van der Waals surface area contributed by atoms with Crippen LogP contribution in [0.15, 0.2) is 42.5 Å². The molecular weight excluding hydrogens is 387 g/mol. The molecule has 1 aromatic heterocycles. The summed E-state index contributed by atoms with van der Waals surface area (Å²) in [7, 11) is 0. The minimum atomic E-state index is -0.197. The molecule has 1 saturated heterocycles. The van der Waals surface area contributed by atoms with Crippen molar-refractivity contribution >= 4 is 61.9 Å². The highest BCUT2D eigenvalue weighted by molar-refractivity contribution is 7.21. The van der Waals surface area contributed by atoms with Crippen LogP contribution in [0.2, 0.25) is 10.0 Å². The molecule has 0 unspecified atom stereocenters. The first kappa shape index (κ1) is 17.7. The maximum absolute atomic E-state index is 12.9. The van der Waals surface area contributed by atoms with Crippen LogP contribution in [0.25, 0.3) is 10.1 Å². The molecule has 0 aliphatic carbocycles. The molecule has 134 valence electrons. The number of carbonyl (C=O) groups excluding carboxylic acids is 1. The van der Waals surface area contributed by atoms with Crippen molar-refractivity contribution in [2.24, 2.45) is 0 Å². The summed E-state index contributed by atoms with van der Waals surface area (Å²) in [6, 6.07) is 13.4. The Hall–Kier alpha value is -1.75. The molecule has 0 atom stereocenters. The van der Waals surface area contributed by atoms with Crippen molar-refractivity contribution in [1.29, 1.82) is 0 Å². The van der Waals surface area contributed by atoms with Gasteiger partial charge in [0.05, 0.1) is 21.4 Å². The van der Waals surface area contributed by atoms with E-state index in [2.05, 4.69) is 10.2 Å². The number of fused-ring (bicyclic) bond motifs is 1. The predicted molar refractivity (Wildman–Crippen MR) is 112 cm³/mol. The highest BCUT2D eigenvalue weighted by atomic mass is 35.5. The zero-order chi connectivity index (χ0) is 18.1. The summed E-state index contributed by atoms with van der Waals surface area (Å²) < 4.78 is 1.00. The third kappa shape index (κ3) is 3.29. The summed E-state index contributed by atoms with van der Waals surface area (Å²) in [4.78, 5) is 15.7. The van der Waals surface area contributed by atoms with E-state index in [0.717, 1.165) is 47.4 Å². The second-order valence-corrected chi connectivity index (χ2v) is 8.22. The molecule has 2 aromatic carbocycles. The molecule has 1 aliphatic rings. The van der Waals surface area contributed by atoms with Crippen LogP contribution in [0.4, 0.5) is 11.4 Å². The second-order valence-electron chi connectivity index (χ2n) is 6.38. The number of nitrogens with zero attached hydrogens (tertiary/aromatic N) is 1. The summed E-state index contributed by atoms with van der Waals surface area (Å²) in [6.45, 7) is 1.91. The van der Waals surface area contributed by atoms with E-state index in [9.17, 15) is 4.79 Å². The Kier molecular flexibility index (Phi) is 5.07. The van der Waals surface area contributed by atoms with Gasteiger partial charge >= 0.3 is 0 Å². The molecule has 0 spiro atoms. The molecular formula is C20H18Cl2N2OS. The summed E-state index contributed by atoms with van der Waals surface area (Å²) in [5.74, 6) is -0.197. The van der Waals surface area contributed by atoms with Crippen LogP contribution in [0.3, 0.4) is 0 Å². The Morgan fingerprint density at radius 3 is 2.54 bits per heavy atom. The van der Waals surface area contributed by atoms with Gasteiger partial charge in [-0.15, -0.1) is 11.3 Å². The molecule has 3 nitrogen and oxygen atoms in total. The Morgan fingerprint density at radius 2 is 1.77 bits per heavy atom. The van der Waals surface area contributed by atoms with Crippen molar-refractivity contribution in [3.63, 3.8) is 0 Å². The lowest BCUT2D eigenvalue weighted by molar-refractivity contribution is 0.103. The number of thiophene rings is 1. The lowest BCUT2D eigenvalue weighted by atomic mass is 10.1. The number of carbonyl (C=O) groups is 1. The van der Waals surface area contributed by atoms with E-state index in [1.54, 1.807) is 0 Å². The van der Waals surface area contributed by atoms with Crippen molar-refractivity contribution in [1.82, 2.24) is 0 Å². The van der Waals surface area contributed by atoms with Crippen molar-refractivity contribution in [2.45, 2.75) is 19.3 Å². The third-order valence-electron chi connectivity index (χ3n) is 4.65. The van der Waals surface area contributed by atoms with Crippen LogP contribution in [0, 0.1) is 0 Å². The number of anilines is 2. The molecule has 26 heavy (non-hydrogen) atoms. The number of amides is 1. The summed E-state index contributed by atoms with van der Waals surface area (Å²) >= 11 is 14.3. The first-order chi connectivity index (χ1) is 12.6. The fourth-order valence-electron chi connectivity index (χ4n) is 3.39. The van der Waals surface area contributed by atoms with E-state index >= 15 is 0 Å². The van der Waals surface area contributed by atoms with Crippen LogP contribution in [-0.2, 0) is 0 Å². The molecule has 4 rings (SSSR count). The quantitative estimate of drug-likeness (QED) is 0.543. The molecule has 0 saturated carbocycles. The SMILES string of the molecule is O=C(Nc1cccc(Cl)c1N1CCCCC1)c1sc2ccccc2c1Cl. The van der Waals surface area contributed by atoms with E-state index in [1.165, 1.54) is 17.8 Å². The molecule has 1 amide bonds. The summed E-state index contributed by atoms with van der Waals surface area (Å²) in [6.07, 6.45) is 3.52. The molecule has 1 aliphatic heterocycles. The van der Waals surface area contributed by atoms with Crippen LogP contribution in [0.1, 0.15) is 28.9 Å². The average Bonchev–Trinajstić information content (AvgIpc) is 3.00. The average molecular weight is 405 g/mol. The normalized spacial score (nSPS) is 14.6. The van der Waals surface area contributed by atoms with Crippen molar-refractivity contribution in [3.05, 3.63) is 57.4 Å². The zero-order valence-corrected chi connectivity index (χ0v) is 16.4. The van der Waals surface area contributed by atoms with E-state index < -0.39 is 0 Å². The first-order valence-corrected chi connectivity index (χ1v) is 10.2. The number of hydrogen-bond donors (Lipinski definition) is 1. The van der Waals surface area contributed by atoms with E-state index in [4.69, 9.17) is 23.2 Å². The molecule has 1 N–H and O–H groups in total. The van der Waals surface area contributed by atoms with Gasteiger partial charge in [0, 0.05) is 23.2 Å². The number of para-hydroxylation sites is 1. The number of nitrogens with one attached hydrogen (secondary N) is 1. The van der Waals surface area contributed by atoms with Gasteiger partial charge in [0.2, 0.25) is 0 Å². The second kappa shape index (κ2) is 7.47. The van der Waals surface area contributed by atoms with Crippen molar-refractivity contribution in [3.8, 4) is 0 Å². The zero-order valence-electron chi connectivity index (χ0n) is 14.1. The summed E-state index contributed by atoms with van der Waals surface area (Å²) in [5.41, 5.74) is 1.64. The number of piperidine rings is 1. The van der Waals surface area contributed by atoms with Gasteiger partial charge in [0.25, 0.3) is 5.91 Å². The number of halogens is 2. The van der Waals surface area contributed by atoms with Gasteiger partial charge in [-0.05, 0) is 37.5 Å². The van der Waals surface area contributed by atoms with Gasteiger partial charge in [-0.2, -0.15) is 0 Å². The smallest absolute Gasteiger partial charge is 0.267 e. The van der Waals surface area contributed by atoms with Crippen LogP contribution < -0.4 is 10.2 Å². The fourth-order valence-corrected chi connectivity index (χ4v) is 5.10. The predicted octanol–water partition coefficient (Wildman–Crippen LogP) is 6.45. The molecule has 1 fully saturated rings. The van der Waals surface area contributed by atoms with Crippen LogP contribution in [-0.4, -0.2) is 19.0 Å². The van der Waals surface area contributed by atoms with Crippen LogP contribution >= 0.6 is 34.5 Å². The van der Waals surface area contributed by atoms with Gasteiger partial charge in [-0.25, -0.2) is 0 Å². The van der Waals surface area contributed by atoms with Crippen LogP contribution in [0.5, 0.6) is 0 Å². The lowest BCUT2D eigenvalue weighted by Crippen LogP contribution is -2.30. The first-order valence-electron chi connectivity index (χ1n) is 8.67.